The van der Waals surface area contributed by atoms with Crippen molar-refractivity contribution in [2.45, 2.75) is 61.0 Å². The molecule has 0 aromatic carbocycles. The summed E-state index contributed by atoms with van der Waals surface area (Å²) in [5, 5.41) is 10.4. The van der Waals surface area contributed by atoms with Gasteiger partial charge in [0.2, 0.25) is 0 Å². The van der Waals surface area contributed by atoms with Crippen LogP contribution < -0.4 is 0 Å². The van der Waals surface area contributed by atoms with Crippen molar-refractivity contribution in [3.8, 4) is 0 Å². The largest absolute Gasteiger partial charge is 0.392 e. The molecule has 0 aliphatic heterocycles. The normalized spacial score (nSPS) is 17.8. The van der Waals surface area contributed by atoms with Crippen LogP contribution in [0.2, 0.25) is 0 Å². The molecule has 0 radical (unpaired) electrons. The highest BCUT2D eigenvalue weighted by Gasteiger charge is 2.35. The smallest absolute Gasteiger partial charge is 0.160 e. The molecule has 1 N–H and O–H groups in total. The third-order valence-electron chi connectivity index (χ3n) is 3.58. The van der Waals surface area contributed by atoms with Gasteiger partial charge in [0.05, 0.1) is 6.10 Å². The van der Waals surface area contributed by atoms with E-state index < -0.39 is 12.0 Å². The molecule has 0 saturated heterocycles. The number of aliphatic hydroxyl groups is 1. The second kappa shape index (κ2) is 7.16. The lowest BCUT2D eigenvalue weighted by molar-refractivity contribution is -0.125. The fourth-order valence-corrected chi connectivity index (χ4v) is 2.11. The first kappa shape index (κ1) is 19.0. The molecule has 0 aliphatic rings. The van der Waals surface area contributed by atoms with Gasteiger partial charge in [0, 0.05) is 12.3 Å². The Morgan fingerprint density at radius 2 is 1.65 bits per heavy atom. The van der Waals surface area contributed by atoms with Gasteiger partial charge in [-0.25, -0.2) is 0 Å². The Kier molecular flexibility index (Phi) is 6.82. The van der Waals surface area contributed by atoms with Crippen molar-refractivity contribution in [3.05, 3.63) is 12.2 Å². The van der Waals surface area contributed by atoms with Crippen molar-refractivity contribution in [2.24, 2.45) is 22.7 Å². The van der Waals surface area contributed by atoms with E-state index in [1.807, 2.05) is 47.6 Å². The minimum atomic E-state index is -0.808. The monoisotopic (exact) mass is 282 g/mol. The summed E-state index contributed by atoms with van der Waals surface area (Å²) in [7, 11) is 0. The highest BCUT2D eigenvalue weighted by Crippen LogP contribution is 2.34. The van der Waals surface area contributed by atoms with Crippen LogP contribution in [0.25, 0.3) is 0 Å². The van der Waals surface area contributed by atoms with E-state index in [1.54, 1.807) is 13.0 Å². The van der Waals surface area contributed by atoms with Crippen LogP contribution in [0.1, 0.15) is 54.9 Å². The van der Waals surface area contributed by atoms with Gasteiger partial charge in [-0.3, -0.25) is 4.79 Å². The van der Waals surface area contributed by atoms with E-state index in [2.05, 4.69) is 0 Å². The molecule has 0 amide bonds. The Labute approximate surface area is 123 Å². The van der Waals surface area contributed by atoms with Crippen LogP contribution in [0.3, 0.4) is 0 Å². The molecule has 0 rings (SSSR count). The summed E-state index contributed by atoms with van der Waals surface area (Å²) >= 11 is 0. The van der Waals surface area contributed by atoms with Crippen molar-refractivity contribution in [3.63, 3.8) is 0 Å². The Hall–Kier alpha value is -0.960. The van der Waals surface area contributed by atoms with Crippen LogP contribution in [0.15, 0.2) is 12.2 Å². The van der Waals surface area contributed by atoms with Gasteiger partial charge >= 0.3 is 0 Å². The van der Waals surface area contributed by atoms with Crippen LogP contribution in [0, 0.1) is 22.7 Å². The summed E-state index contributed by atoms with van der Waals surface area (Å²) in [6, 6.07) is 0. The maximum Gasteiger partial charge on any atom is 0.160 e. The van der Waals surface area contributed by atoms with Crippen LogP contribution >= 0.6 is 0 Å². The molecular weight excluding hydrogens is 252 g/mol. The average Bonchev–Trinajstić information content (AvgIpc) is 2.28. The van der Waals surface area contributed by atoms with E-state index in [9.17, 15) is 14.7 Å². The Morgan fingerprint density at radius 1 is 1.15 bits per heavy atom. The second-order valence-electron chi connectivity index (χ2n) is 7.76. The molecule has 116 valence electrons. The summed E-state index contributed by atoms with van der Waals surface area (Å²) < 4.78 is 0. The maximum atomic E-state index is 12.1. The molecule has 0 aromatic rings. The third kappa shape index (κ3) is 6.47. The van der Waals surface area contributed by atoms with Crippen molar-refractivity contribution in [2.75, 3.05) is 0 Å². The SMILES string of the molecule is C[C@@H](C(=O)C=CC(C)(C)C)C(O)C(CC=O)C(C)(C)C. The van der Waals surface area contributed by atoms with E-state index in [4.69, 9.17) is 0 Å². The van der Waals surface area contributed by atoms with Gasteiger partial charge in [-0.2, -0.15) is 0 Å². The first-order chi connectivity index (χ1) is 8.90. The molecule has 3 atom stereocenters. The first-order valence-electron chi connectivity index (χ1n) is 7.25. The molecule has 20 heavy (non-hydrogen) atoms. The Bertz CT molecular complexity index is 355. The number of ketones is 1. The van der Waals surface area contributed by atoms with Gasteiger partial charge in [0.15, 0.2) is 5.78 Å². The summed E-state index contributed by atoms with van der Waals surface area (Å²) in [5.74, 6) is -0.813. The number of carbonyl (C=O) groups is 2. The molecule has 0 heterocycles. The quantitative estimate of drug-likeness (QED) is 0.600. The first-order valence-corrected chi connectivity index (χ1v) is 7.25. The zero-order valence-electron chi connectivity index (χ0n) is 13.9. The lowest BCUT2D eigenvalue weighted by Gasteiger charge is -2.35. The minimum absolute atomic E-state index is 0.0629. The van der Waals surface area contributed by atoms with Crippen LogP contribution in [0.5, 0.6) is 0 Å². The topological polar surface area (TPSA) is 54.4 Å². The highest BCUT2D eigenvalue weighted by molar-refractivity contribution is 5.92. The number of aldehydes is 1. The van der Waals surface area contributed by atoms with Crippen LogP contribution in [-0.4, -0.2) is 23.3 Å². The number of hydrogen-bond acceptors (Lipinski definition) is 3. The van der Waals surface area contributed by atoms with Crippen molar-refractivity contribution >= 4 is 12.1 Å². The molecule has 2 unspecified atom stereocenters. The lowest BCUT2D eigenvalue weighted by Crippen LogP contribution is -2.39. The molecule has 0 bridgehead atoms. The molecule has 0 fully saturated rings. The summed E-state index contributed by atoms with van der Waals surface area (Å²) in [5.41, 5.74) is -0.283. The van der Waals surface area contributed by atoms with Gasteiger partial charge in [-0.05, 0) is 22.8 Å². The predicted molar refractivity (Wildman–Crippen MR) is 82.4 cm³/mol. The number of rotatable bonds is 6. The standard InChI is InChI=1S/C17H30O3/c1-12(14(19)8-10-16(2,3)4)15(20)13(9-11-18)17(5,6)7/h8,10-13,15,20H,9H2,1-7H3/t12-,13?,15?/m0/s1. The van der Waals surface area contributed by atoms with E-state index in [0.29, 0.717) is 0 Å². The highest BCUT2D eigenvalue weighted by atomic mass is 16.3. The van der Waals surface area contributed by atoms with E-state index in [1.165, 1.54) is 0 Å². The summed E-state index contributed by atoms with van der Waals surface area (Å²) in [6.07, 6.45) is 3.68. The zero-order valence-corrected chi connectivity index (χ0v) is 13.9. The lowest BCUT2D eigenvalue weighted by atomic mass is 9.72. The number of allylic oxidation sites excluding steroid dienone is 2. The molecular formula is C17H30O3. The van der Waals surface area contributed by atoms with Crippen molar-refractivity contribution in [1.29, 1.82) is 0 Å². The second-order valence-corrected chi connectivity index (χ2v) is 7.76. The summed E-state index contributed by atoms with van der Waals surface area (Å²) in [4.78, 5) is 22.9. The number of aliphatic hydroxyl groups excluding tert-OH is 1. The fourth-order valence-electron chi connectivity index (χ4n) is 2.11. The summed E-state index contributed by atoms with van der Waals surface area (Å²) in [6.45, 7) is 13.7. The fraction of sp³-hybridized carbons (Fsp3) is 0.765. The van der Waals surface area contributed by atoms with Crippen molar-refractivity contribution < 1.29 is 14.7 Å². The van der Waals surface area contributed by atoms with Crippen molar-refractivity contribution in [1.82, 2.24) is 0 Å². The Morgan fingerprint density at radius 3 is 2.00 bits per heavy atom. The zero-order chi connectivity index (χ0) is 16.1. The van der Waals surface area contributed by atoms with Gasteiger partial charge < -0.3 is 9.90 Å². The molecule has 3 heteroatoms. The predicted octanol–water partition coefficient (Wildman–Crippen LogP) is 3.41. The Balaban J connectivity index is 4.98. The third-order valence-corrected chi connectivity index (χ3v) is 3.58. The van der Waals surface area contributed by atoms with E-state index >= 15 is 0 Å². The van der Waals surface area contributed by atoms with Crippen LogP contribution in [-0.2, 0) is 9.59 Å². The van der Waals surface area contributed by atoms with Gasteiger partial charge in [0.1, 0.15) is 6.29 Å². The van der Waals surface area contributed by atoms with E-state index in [0.717, 1.165) is 6.29 Å². The van der Waals surface area contributed by atoms with Crippen LogP contribution in [0.4, 0.5) is 0 Å². The molecule has 0 aliphatic carbocycles. The van der Waals surface area contributed by atoms with E-state index in [-0.39, 0.29) is 29.0 Å². The minimum Gasteiger partial charge on any atom is -0.392 e. The van der Waals surface area contributed by atoms with Gasteiger partial charge in [-0.1, -0.05) is 54.5 Å². The molecule has 3 nitrogen and oxygen atoms in total. The molecule has 0 saturated carbocycles. The van der Waals surface area contributed by atoms with Gasteiger partial charge in [0.25, 0.3) is 0 Å². The van der Waals surface area contributed by atoms with Gasteiger partial charge in [-0.15, -0.1) is 0 Å². The number of carbonyl (C=O) groups excluding carboxylic acids is 2. The molecule has 0 spiro atoms. The maximum absolute atomic E-state index is 12.1. The molecule has 0 aromatic heterocycles. The number of hydrogen-bond donors (Lipinski definition) is 1. The average molecular weight is 282 g/mol.